The summed E-state index contributed by atoms with van der Waals surface area (Å²) in [6.45, 7) is 8.13. The van der Waals surface area contributed by atoms with Crippen LogP contribution in [0.4, 0.5) is 0 Å². The lowest BCUT2D eigenvalue weighted by atomic mass is 10.1. The summed E-state index contributed by atoms with van der Waals surface area (Å²) in [6.07, 6.45) is 1.23. The van der Waals surface area contributed by atoms with Gasteiger partial charge in [0.15, 0.2) is 0 Å². The molecule has 2 nitrogen and oxygen atoms in total. The van der Waals surface area contributed by atoms with Gasteiger partial charge in [-0.2, -0.15) is 0 Å². The van der Waals surface area contributed by atoms with Gasteiger partial charge < -0.3 is 5.32 Å². The summed E-state index contributed by atoms with van der Waals surface area (Å²) >= 11 is 1.95. The van der Waals surface area contributed by atoms with Gasteiger partial charge in [-0.05, 0) is 37.4 Å². The van der Waals surface area contributed by atoms with Crippen LogP contribution in [-0.2, 0) is 0 Å². The number of hydrogen-bond donors (Lipinski definition) is 1. The fraction of sp³-hybridized carbons (Fsp3) is 0.500. The summed E-state index contributed by atoms with van der Waals surface area (Å²) in [5, 5.41) is 4.78. The number of fused-ring (bicyclic) bond motifs is 1. The minimum absolute atomic E-state index is 0.532. The molecule has 0 radical (unpaired) electrons. The van der Waals surface area contributed by atoms with Gasteiger partial charge in [-0.15, -0.1) is 11.3 Å². The van der Waals surface area contributed by atoms with Gasteiger partial charge in [0.1, 0.15) is 0 Å². The molecule has 1 saturated heterocycles. The predicted molar refractivity (Wildman–Crippen MR) is 83.9 cm³/mol. The second kappa shape index (κ2) is 5.61. The number of nitrogens with one attached hydrogen (secondary N) is 1. The number of benzene rings is 1. The first-order valence-electron chi connectivity index (χ1n) is 7.24. The van der Waals surface area contributed by atoms with Crippen LogP contribution in [0.1, 0.15) is 31.2 Å². The Morgan fingerprint density at radius 1 is 1.37 bits per heavy atom. The van der Waals surface area contributed by atoms with Gasteiger partial charge in [0.25, 0.3) is 0 Å². The Balaban J connectivity index is 1.85. The van der Waals surface area contributed by atoms with Crippen LogP contribution in [0.2, 0.25) is 0 Å². The average Bonchev–Trinajstić information content (AvgIpc) is 2.79. The smallest absolute Gasteiger partial charge is 0.0417 e. The Hall–Kier alpha value is -0.900. The largest absolute Gasteiger partial charge is 0.314 e. The fourth-order valence-corrected chi connectivity index (χ4v) is 3.97. The Morgan fingerprint density at radius 3 is 2.79 bits per heavy atom. The van der Waals surface area contributed by atoms with Crippen molar-refractivity contribution in [1.82, 2.24) is 10.2 Å². The van der Waals surface area contributed by atoms with Crippen LogP contribution >= 0.6 is 11.3 Å². The lowest BCUT2D eigenvalue weighted by molar-refractivity contribution is 0.104. The summed E-state index contributed by atoms with van der Waals surface area (Å²) in [7, 11) is 0. The highest BCUT2D eigenvalue weighted by Crippen LogP contribution is 2.33. The maximum Gasteiger partial charge on any atom is 0.0417 e. The zero-order valence-electron chi connectivity index (χ0n) is 11.7. The molecule has 1 aliphatic heterocycles. The van der Waals surface area contributed by atoms with E-state index >= 15 is 0 Å². The average molecular weight is 274 g/mol. The standard InChI is InChI=1S/C16H22N2S/c1-3-8-18(14-10-17-11-14)12(2)16-9-13-6-4-5-7-15(13)19-16/h4-7,9,12,14,17H,3,8,10-11H2,1-2H3. The van der Waals surface area contributed by atoms with E-state index in [4.69, 9.17) is 0 Å². The van der Waals surface area contributed by atoms with Crippen molar-refractivity contribution in [2.24, 2.45) is 0 Å². The van der Waals surface area contributed by atoms with E-state index < -0.39 is 0 Å². The van der Waals surface area contributed by atoms with E-state index in [1.54, 1.807) is 0 Å². The Bertz CT molecular complexity index is 511. The molecule has 0 bridgehead atoms. The molecule has 2 aromatic rings. The molecule has 3 rings (SSSR count). The summed E-state index contributed by atoms with van der Waals surface area (Å²) in [5.74, 6) is 0. The number of hydrogen-bond acceptors (Lipinski definition) is 3. The minimum Gasteiger partial charge on any atom is -0.314 e. The Labute approximate surface area is 119 Å². The zero-order valence-corrected chi connectivity index (χ0v) is 12.5. The van der Waals surface area contributed by atoms with Gasteiger partial charge in [-0.3, -0.25) is 4.90 Å². The summed E-state index contributed by atoms with van der Waals surface area (Å²) < 4.78 is 1.41. The van der Waals surface area contributed by atoms with Gasteiger partial charge >= 0.3 is 0 Å². The van der Waals surface area contributed by atoms with Crippen molar-refractivity contribution in [1.29, 1.82) is 0 Å². The summed E-state index contributed by atoms with van der Waals surface area (Å²) in [6, 6.07) is 12.3. The molecular formula is C16H22N2S. The van der Waals surface area contributed by atoms with Crippen LogP contribution in [0.25, 0.3) is 10.1 Å². The molecule has 0 amide bonds. The zero-order chi connectivity index (χ0) is 13.2. The van der Waals surface area contributed by atoms with Crippen LogP contribution in [0.3, 0.4) is 0 Å². The van der Waals surface area contributed by atoms with E-state index in [0.29, 0.717) is 6.04 Å². The van der Waals surface area contributed by atoms with Crippen molar-refractivity contribution in [3.05, 3.63) is 35.2 Å². The molecule has 1 aromatic carbocycles. The summed E-state index contributed by atoms with van der Waals surface area (Å²) in [5.41, 5.74) is 0. The van der Waals surface area contributed by atoms with E-state index in [1.807, 2.05) is 11.3 Å². The molecule has 2 heterocycles. The molecule has 1 aromatic heterocycles. The highest BCUT2D eigenvalue weighted by atomic mass is 32.1. The molecule has 1 N–H and O–H groups in total. The molecule has 0 saturated carbocycles. The molecule has 102 valence electrons. The molecule has 1 aliphatic rings. The molecular weight excluding hydrogens is 252 g/mol. The van der Waals surface area contributed by atoms with Gasteiger partial charge in [-0.1, -0.05) is 25.1 Å². The fourth-order valence-electron chi connectivity index (χ4n) is 2.83. The first-order valence-corrected chi connectivity index (χ1v) is 8.06. The van der Waals surface area contributed by atoms with Crippen molar-refractivity contribution in [3.8, 4) is 0 Å². The topological polar surface area (TPSA) is 15.3 Å². The van der Waals surface area contributed by atoms with Crippen LogP contribution in [0.15, 0.2) is 30.3 Å². The van der Waals surface area contributed by atoms with E-state index in [0.717, 1.165) is 19.1 Å². The van der Waals surface area contributed by atoms with Crippen molar-refractivity contribution in [2.75, 3.05) is 19.6 Å². The van der Waals surface area contributed by atoms with Crippen molar-refractivity contribution >= 4 is 21.4 Å². The third kappa shape index (κ3) is 2.55. The van der Waals surface area contributed by atoms with Gasteiger partial charge in [0.2, 0.25) is 0 Å². The molecule has 0 aliphatic carbocycles. The molecule has 1 fully saturated rings. The number of thiophene rings is 1. The quantitative estimate of drug-likeness (QED) is 0.895. The van der Waals surface area contributed by atoms with Crippen molar-refractivity contribution in [3.63, 3.8) is 0 Å². The first-order chi connectivity index (χ1) is 9.29. The van der Waals surface area contributed by atoms with E-state index in [9.17, 15) is 0 Å². The van der Waals surface area contributed by atoms with Gasteiger partial charge in [0.05, 0.1) is 0 Å². The van der Waals surface area contributed by atoms with Crippen LogP contribution < -0.4 is 5.32 Å². The normalized spacial score (nSPS) is 17.8. The maximum atomic E-state index is 3.39. The minimum atomic E-state index is 0.532. The van der Waals surface area contributed by atoms with Gasteiger partial charge in [0, 0.05) is 34.8 Å². The second-order valence-corrected chi connectivity index (χ2v) is 6.53. The molecule has 3 heteroatoms. The van der Waals surface area contributed by atoms with E-state index in [-0.39, 0.29) is 0 Å². The highest BCUT2D eigenvalue weighted by Gasteiger charge is 2.28. The van der Waals surface area contributed by atoms with Crippen LogP contribution in [0.5, 0.6) is 0 Å². The number of nitrogens with zero attached hydrogens (tertiary/aromatic N) is 1. The highest BCUT2D eigenvalue weighted by molar-refractivity contribution is 7.19. The van der Waals surface area contributed by atoms with Gasteiger partial charge in [-0.25, -0.2) is 0 Å². The molecule has 0 spiro atoms. The van der Waals surface area contributed by atoms with Crippen molar-refractivity contribution in [2.45, 2.75) is 32.4 Å². The second-order valence-electron chi connectivity index (χ2n) is 5.41. The Kier molecular flexibility index (Phi) is 3.87. The number of rotatable bonds is 5. The monoisotopic (exact) mass is 274 g/mol. The SMILES string of the molecule is CCCN(C1CNC1)C(C)c1cc2ccccc2s1. The lowest BCUT2D eigenvalue weighted by Gasteiger charge is -2.41. The lowest BCUT2D eigenvalue weighted by Crippen LogP contribution is -2.57. The molecule has 1 atom stereocenters. The van der Waals surface area contributed by atoms with E-state index in [1.165, 1.54) is 27.9 Å². The van der Waals surface area contributed by atoms with E-state index in [2.05, 4.69) is 54.4 Å². The predicted octanol–water partition coefficient (Wildman–Crippen LogP) is 3.65. The van der Waals surface area contributed by atoms with Crippen molar-refractivity contribution < 1.29 is 0 Å². The third-order valence-corrected chi connectivity index (χ3v) is 5.35. The Morgan fingerprint density at radius 2 is 2.16 bits per heavy atom. The van der Waals surface area contributed by atoms with Crippen LogP contribution in [0, 0.1) is 0 Å². The third-order valence-electron chi connectivity index (χ3n) is 4.06. The van der Waals surface area contributed by atoms with Crippen LogP contribution in [-0.4, -0.2) is 30.6 Å². The summed E-state index contributed by atoms with van der Waals surface area (Å²) in [4.78, 5) is 4.17. The molecule has 19 heavy (non-hydrogen) atoms. The maximum absolute atomic E-state index is 3.39. The molecule has 1 unspecified atom stereocenters. The first kappa shape index (κ1) is 13.1.